The second kappa shape index (κ2) is 11.9. The minimum Gasteiger partial charge on any atom is -0.356 e. The van der Waals surface area contributed by atoms with E-state index in [4.69, 9.17) is 0 Å². The molecule has 0 unspecified atom stereocenters. The fourth-order valence-corrected chi connectivity index (χ4v) is 3.72. The van der Waals surface area contributed by atoms with Gasteiger partial charge in [-0.25, -0.2) is 4.98 Å². The van der Waals surface area contributed by atoms with Crippen LogP contribution in [0.4, 0.5) is 5.13 Å². The molecule has 0 atom stereocenters. The Morgan fingerprint density at radius 1 is 1.36 bits per heavy atom. The molecule has 25 heavy (non-hydrogen) atoms. The van der Waals surface area contributed by atoms with Crippen LogP contribution in [0.2, 0.25) is 0 Å². The van der Waals surface area contributed by atoms with E-state index in [0.29, 0.717) is 6.54 Å². The number of aliphatic imine (C=N–C) groups is 1. The van der Waals surface area contributed by atoms with Gasteiger partial charge in [0.25, 0.3) is 0 Å². The summed E-state index contributed by atoms with van der Waals surface area (Å²) in [6.45, 7) is 7.64. The predicted octanol–water partition coefficient (Wildman–Crippen LogP) is 2.61. The lowest BCUT2D eigenvalue weighted by Crippen LogP contribution is -2.39. The zero-order valence-electron chi connectivity index (χ0n) is 15.9. The van der Waals surface area contributed by atoms with Crippen LogP contribution in [-0.4, -0.2) is 63.2 Å². The zero-order chi connectivity index (χ0) is 17.4. The Hall–Kier alpha value is -0.610. The number of anilines is 1. The van der Waals surface area contributed by atoms with E-state index in [0.717, 1.165) is 29.2 Å². The van der Waals surface area contributed by atoms with Crippen molar-refractivity contribution in [3.05, 3.63) is 11.1 Å². The summed E-state index contributed by atoms with van der Waals surface area (Å²) in [7, 11) is 5.85. The van der Waals surface area contributed by atoms with Crippen molar-refractivity contribution in [2.24, 2.45) is 10.9 Å². The number of guanidine groups is 1. The standard InChI is InChI=1S/C17H32N6S.HI/c1-5-23-10-7-14(8-11-23)6-9-19-16(18-2)20-12-15-13-24-17(21-15)22(3)4;/h13-14H,5-12H2,1-4H3,(H2,18,19,20);1H. The molecule has 1 fully saturated rings. The molecule has 0 radical (unpaired) electrons. The van der Waals surface area contributed by atoms with Crippen molar-refractivity contribution in [1.29, 1.82) is 0 Å². The maximum Gasteiger partial charge on any atom is 0.191 e. The molecule has 144 valence electrons. The van der Waals surface area contributed by atoms with Crippen LogP contribution in [0.3, 0.4) is 0 Å². The smallest absolute Gasteiger partial charge is 0.191 e. The first kappa shape index (κ1) is 22.4. The van der Waals surface area contributed by atoms with Gasteiger partial charge in [0.15, 0.2) is 11.1 Å². The van der Waals surface area contributed by atoms with E-state index in [1.54, 1.807) is 11.3 Å². The fraction of sp³-hybridized carbons (Fsp3) is 0.765. The zero-order valence-corrected chi connectivity index (χ0v) is 19.1. The number of hydrogen-bond acceptors (Lipinski definition) is 5. The van der Waals surface area contributed by atoms with Gasteiger partial charge in [-0.2, -0.15) is 0 Å². The van der Waals surface area contributed by atoms with Crippen LogP contribution in [0.25, 0.3) is 0 Å². The van der Waals surface area contributed by atoms with Crippen LogP contribution in [0.1, 0.15) is 31.9 Å². The number of aromatic nitrogens is 1. The van der Waals surface area contributed by atoms with Gasteiger partial charge in [0, 0.05) is 33.1 Å². The van der Waals surface area contributed by atoms with Gasteiger partial charge < -0.3 is 20.4 Å². The number of nitrogens with zero attached hydrogens (tertiary/aromatic N) is 4. The molecule has 1 aromatic rings. The summed E-state index contributed by atoms with van der Waals surface area (Å²) >= 11 is 1.67. The number of hydrogen-bond donors (Lipinski definition) is 2. The van der Waals surface area contributed by atoms with Crippen molar-refractivity contribution in [1.82, 2.24) is 20.5 Å². The summed E-state index contributed by atoms with van der Waals surface area (Å²) in [6.07, 6.45) is 3.88. The van der Waals surface area contributed by atoms with E-state index in [2.05, 4.69) is 37.8 Å². The minimum atomic E-state index is 0. The average molecular weight is 480 g/mol. The summed E-state index contributed by atoms with van der Waals surface area (Å²) in [5.41, 5.74) is 1.05. The van der Waals surface area contributed by atoms with Gasteiger partial charge in [-0.3, -0.25) is 4.99 Å². The Bertz CT molecular complexity index is 511. The largest absolute Gasteiger partial charge is 0.356 e. The number of thiazole rings is 1. The number of piperidine rings is 1. The second-order valence-corrected chi connectivity index (χ2v) is 7.37. The van der Waals surface area contributed by atoms with E-state index in [-0.39, 0.29) is 24.0 Å². The molecule has 2 rings (SSSR count). The summed E-state index contributed by atoms with van der Waals surface area (Å²) in [5, 5.41) is 9.91. The molecule has 1 saturated heterocycles. The number of rotatable bonds is 7. The van der Waals surface area contributed by atoms with Gasteiger partial charge >= 0.3 is 0 Å². The third-order valence-corrected chi connectivity index (χ3v) is 5.64. The molecule has 6 nitrogen and oxygen atoms in total. The van der Waals surface area contributed by atoms with Gasteiger partial charge in [0.2, 0.25) is 0 Å². The summed E-state index contributed by atoms with van der Waals surface area (Å²) in [4.78, 5) is 13.5. The highest BCUT2D eigenvalue weighted by Gasteiger charge is 2.17. The van der Waals surface area contributed by atoms with Gasteiger partial charge in [-0.1, -0.05) is 6.92 Å². The molecule has 1 aromatic heterocycles. The van der Waals surface area contributed by atoms with E-state index in [1.165, 1.54) is 38.9 Å². The Labute approximate surface area is 173 Å². The van der Waals surface area contributed by atoms with Crippen molar-refractivity contribution in [3.8, 4) is 0 Å². The number of nitrogens with one attached hydrogen (secondary N) is 2. The molecule has 0 bridgehead atoms. The highest BCUT2D eigenvalue weighted by Crippen LogP contribution is 2.19. The summed E-state index contributed by atoms with van der Waals surface area (Å²) in [5.74, 6) is 1.71. The molecule has 0 amide bonds. The first-order valence-electron chi connectivity index (χ1n) is 8.91. The monoisotopic (exact) mass is 480 g/mol. The Morgan fingerprint density at radius 3 is 2.64 bits per heavy atom. The van der Waals surface area contributed by atoms with Crippen LogP contribution in [-0.2, 0) is 6.54 Å². The molecule has 8 heteroatoms. The topological polar surface area (TPSA) is 55.8 Å². The van der Waals surface area contributed by atoms with Crippen LogP contribution < -0.4 is 15.5 Å². The molecule has 1 aliphatic rings. The quantitative estimate of drug-likeness (QED) is 0.357. The van der Waals surface area contributed by atoms with Crippen molar-refractivity contribution < 1.29 is 0 Å². The number of halogens is 1. The molecule has 0 saturated carbocycles. The van der Waals surface area contributed by atoms with E-state index in [1.807, 2.05) is 26.0 Å². The lowest BCUT2D eigenvalue weighted by Gasteiger charge is -2.31. The van der Waals surface area contributed by atoms with E-state index < -0.39 is 0 Å². The van der Waals surface area contributed by atoms with Crippen molar-refractivity contribution in [2.45, 2.75) is 32.7 Å². The first-order valence-corrected chi connectivity index (χ1v) is 9.79. The highest BCUT2D eigenvalue weighted by molar-refractivity contribution is 14.0. The van der Waals surface area contributed by atoms with Crippen molar-refractivity contribution in [3.63, 3.8) is 0 Å². The first-order chi connectivity index (χ1) is 11.6. The molecular formula is C17H33IN6S. The summed E-state index contributed by atoms with van der Waals surface area (Å²) in [6, 6.07) is 0. The molecule has 1 aliphatic heterocycles. The maximum atomic E-state index is 4.58. The maximum absolute atomic E-state index is 4.58. The lowest BCUT2D eigenvalue weighted by atomic mass is 9.93. The van der Waals surface area contributed by atoms with Crippen LogP contribution in [0, 0.1) is 5.92 Å². The van der Waals surface area contributed by atoms with Crippen LogP contribution in [0.15, 0.2) is 10.4 Å². The van der Waals surface area contributed by atoms with Gasteiger partial charge in [-0.05, 0) is 44.8 Å². The molecular weight excluding hydrogens is 447 g/mol. The Morgan fingerprint density at radius 2 is 2.08 bits per heavy atom. The van der Waals surface area contributed by atoms with Crippen molar-refractivity contribution >= 4 is 46.4 Å². The Balaban J connectivity index is 0.00000312. The average Bonchev–Trinajstić information content (AvgIpc) is 3.08. The van der Waals surface area contributed by atoms with Gasteiger partial charge in [0.1, 0.15) is 0 Å². The van der Waals surface area contributed by atoms with Crippen LogP contribution >= 0.6 is 35.3 Å². The van der Waals surface area contributed by atoms with Crippen LogP contribution in [0.5, 0.6) is 0 Å². The lowest BCUT2D eigenvalue weighted by molar-refractivity contribution is 0.187. The van der Waals surface area contributed by atoms with Gasteiger partial charge in [-0.15, -0.1) is 35.3 Å². The molecule has 0 aromatic carbocycles. The highest BCUT2D eigenvalue weighted by atomic mass is 127. The third-order valence-electron chi connectivity index (χ3n) is 4.58. The van der Waals surface area contributed by atoms with E-state index in [9.17, 15) is 0 Å². The van der Waals surface area contributed by atoms with Crippen molar-refractivity contribution in [2.75, 3.05) is 52.2 Å². The van der Waals surface area contributed by atoms with E-state index >= 15 is 0 Å². The second-order valence-electron chi connectivity index (χ2n) is 6.53. The minimum absolute atomic E-state index is 0. The molecule has 2 heterocycles. The SMILES string of the molecule is CCN1CCC(CCNC(=NC)NCc2csc(N(C)C)n2)CC1.I. The third kappa shape index (κ3) is 7.65. The van der Waals surface area contributed by atoms with Gasteiger partial charge in [0.05, 0.1) is 12.2 Å². The normalized spacial score (nSPS) is 16.4. The molecule has 2 N–H and O–H groups in total. The molecule has 0 aliphatic carbocycles. The Kier molecular flexibility index (Phi) is 10.7. The predicted molar refractivity (Wildman–Crippen MR) is 120 cm³/mol. The number of likely N-dealkylation sites (tertiary alicyclic amines) is 1. The summed E-state index contributed by atoms with van der Waals surface area (Å²) < 4.78 is 0. The fourth-order valence-electron chi connectivity index (χ4n) is 2.96. The molecule has 0 spiro atoms.